The summed E-state index contributed by atoms with van der Waals surface area (Å²) in [6.07, 6.45) is 0.391. The lowest BCUT2D eigenvalue weighted by Crippen LogP contribution is -2.17. The van der Waals surface area contributed by atoms with Crippen LogP contribution in [0.1, 0.15) is 36.3 Å². The molecule has 0 radical (unpaired) electrons. The van der Waals surface area contributed by atoms with Gasteiger partial charge in [-0.1, -0.05) is 30.4 Å². The monoisotopic (exact) mass is 337 g/mol. The molecule has 0 saturated heterocycles. The summed E-state index contributed by atoms with van der Waals surface area (Å²) in [5, 5.41) is 20.5. The zero-order valence-electron chi connectivity index (χ0n) is 12.5. The fraction of sp³-hybridized carbons (Fsp3) is 0.333. The first-order chi connectivity index (χ1) is 11.0. The minimum atomic E-state index is -1.05. The van der Waals surface area contributed by atoms with Crippen LogP contribution in [0.2, 0.25) is 0 Å². The molecule has 23 heavy (non-hydrogen) atoms. The predicted molar refractivity (Wildman–Crippen MR) is 83.9 cm³/mol. The molecule has 0 fully saturated rings. The van der Waals surface area contributed by atoms with Crippen LogP contribution in [0.4, 0.5) is 9.52 Å². The number of hydrogen-bond donors (Lipinski definition) is 2. The molecule has 2 aromatic rings. The Balaban J connectivity index is 2.07. The van der Waals surface area contributed by atoms with Crippen molar-refractivity contribution in [2.45, 2.75) is 32.1 Å². The number of carbonyl (C=O) groups excluding carboxylic acids is 1. The lowest BCUT2D eigenvalue weighted by atomic mass is 9.92. The van der Waals surface area contributed by atoms with Crippen LogP contribution in [-0.4, -0.2) is 27.2 Å². The number of rotatable bonds is 7. The highest BCUT2D eigenvalue weighted by Gasteiger charge is 2.20. The quantitative estimate of drug-likeness (QED) is 0.810. The molecule has 0 aliphatic carbocycles. The fourth-order valence-electron chi connectivity index (χ4n) is 2.12. The number of halogens is 1. The van der Waals surface area contributed by atoms with Crippen LogP contribution < -0.4 is 5.32 Å². The zero-order chi connectivity index (χ0) is 16.8. The molecule has 2 N–H and O–H groups in total. The SMILES string of the molecule is CCc1nnc(NC(=O)CC(CC(=O)O)c2cccc(F)c2)s1. The Bertz CT molecular complexity index is 705. The number of nitrogens with one attached hydrogen (secondary N) is 1. The summed E-state index contributed by atoms with van der Waals surface area (Å²) in [6.45, 7) is 1.93. The number of carbonyl (C=O) groups is 2. The van der Waals surface area contributed by atoms with E-state index in [1.54, 1.807) is 6.07 Å². The first-order valence-electron chi connectivity index (χ1n) is 7.07. The Morgan fingerprint density at radius 2 is 2.13 bits per heavy atom. The van der Waals surface area contributed by atoms with Gasteiger partial charge in [0, 0.05) is 12.3 Å². The number of carboxylic acids is 1. The fourth-order valence-corrected chi connectivity index (χ4v) is 2.82. The average Bonchev–Trinajstić information content (AvgIpc) is 2.93. The maximum Gasteiger partial charge on any atom is 0.303 e. The van der Waals surface area contributed by atoms with Crippen LogP contribution in [0.5, 0.6) is 0 Å². The smallest absolute Gasteiger partial charge is 0.303 e. The number of aromatic nitrogens is 2. The van der Waals surface area contributed by atoms with Crippen molar-refractivity contribution in [3.8, 4) is 0 Å². The van der Waals surface area contributed by atoms with Crippen molar-refractivity contribution < 1.29 is 19.1 Å². The molecule has 1 aromatic carbocycles. The van der Waals surface area contributed by atoms with Crippen molar-refractivity contribution in [2.24, 2.45) is 0 Å². The summed E-state index contributed by atoms with van der Waals surface area (Å²) >= 11 is 1.27. The molecule has 1 atom stereocenters. The van der Waals surface area contributed by atoms with Crippen LogP contribution >= 0.6 is 11.3 Å². The Labute approximate surface area is 136 Å². The topological polar surface area (TPSA) is 92.2 Å². The molecular weight excluding hydrogens is 321 g/mol. The van der Waals surface area contributed by atoms with Crippen LogP contribution in [0, 0.1) is 5.82 Å². The van der Waals surface area contributed by atoms with Gasteiger partial charge in [-0.25, -0.2) is 4.39 Å². The van der Waals surface area contributed by atoms with E-state index in [0.717, 1.165) is 11.4 Å². The molecule has 0 bridgehead atoms. The maximum atomic E-state index is 13.3. The molecule has 1 amide bonds. The Morgan fingerprint density at radius 1 is 1.35 bits per heavy atom. The number of anilines is 1. The summed E-state index contributed by atoms with van der Waals surface area (Å²) in [6, 6.07) is 5.63. The van der Waals surface area contributed by atoms with Gasteiger partial charge in [0.2, 0.25) is 11.0 Å². The lowest BCUT2D eigenvalue weighted by molar-refractivity contribution is -0.137. The van der Waals surface area contributed by atoms with E-state index in [-0.39, 0.29) is 18.7 Å². The minimum Gasteiger partial charge on any atom is -0.481 e. The van der Waals surface area contributed by atoms with Crippen molar-refractivity contribution in [1.29, 1.82) is 0 Å². The molecule has 1 unspecified atom stereocenters. The summed E-state index contributed by atoms with van der Waals surface area (Å²) in [5.41, 5.74) is 0.481. The second kappa shape index (κ2) is 7.77. The van der Waals surface area contributed by atoms with Crippen molar-refractivity contribution in [2.75, 3.05) is 5.32 Å². The van der Waals surface area contributed by atoms with Crippen molar-refractivity contribution in [3.63, 3.8) is 0 Å². The summed E-state index contributed by atoms with van der Waals surface area (Å²) in [4.78, 5) is 23.1. The second-order valence-electron chi connectivity index (χ2n) is 4.96. The molecule has 2 rings (SSSR count). The van der Waals surface area contributed by atoms with Crippen LogP contribution in [0.25, 0.3) is 0 Å². The maximum absolute atomic E-state index is 13.3. The lowest BCUT2D eigenvalue weighted by Gasteiger charge is -2.14. The number of nitrogens with zero attached hydrogens (tertiary/aromatic N) is 2. The van der Waals surface area contributed by atoms with Gasteiger partial charge in [-0.2, -0.15) is 0 Å². The van der Waals surface area contributed by atoms with Gasteiger partial charge in [0.15, 0.2) is 0 Å². The molecule has 1 aromatic heterocycles. The van der Waals surface area contributed by atoms with Crippen molar-refractivity contribution >= 4 is 28.3 Å². The summed E-state index contributed by atoms with van der Waals surface area (Å²) in [7, 11) is 0. The number of carboxylic acid groups (broad SMARTS) is 1. The molecule has 0 aliphatic heterocycles. The standard InChI is InChI=1S/C15H16FN3O3S/c1-2-13-18-19-15(23-13)17-12(20)7-10(8-14(21)22)9-4-3-5-11(16)6-9/h3-6,10H,2,7-8H2,1H3,(H,21,22)(H,17,19,20). The first-order valence-corrected chi connectivity index (χ1v) is 7.89. The number of amides is 1. The third-order valence-electron chi connectivity index (χ3n) is 3.19. The highest BCUT2D eigenvalue weighted by atomic mass is 32.1. The number of aryl methyl sites for hydroxylation is 1. The average molecular weight is 337 g/mol. The Hall–Kier alpha value is -2.35. The third kappa shape index (κ3) is 5.10. The number of benzene rings is 1. The number of hydrogen-bond acceptors (Lipinski definition) is 5. The number of aliphatic carboxylic acids is 1. The van der Waals surface area contributed by atoms with Gasteiger partial charge in [-0.05, 0) is 24.1 Å². The molecule has 122 valence electrons. The van der Waals surface area contributed by atoms with E-state index in [1.165, 1.54) is 29.5 Å². The van der Waals surface area contributed by atoms with Gasteiger partial charge in [-0.3, -0.25) is 9.59 Å². The molecule has 0 saturated carbocycles. The first kappa shape index (κ1) is 17.0. The van der Waals surface area contributed by atoms with Crippen LogP contribution in [-0.2, 0) is 16.0 Å². The van der Waals surface area contributed by atoms with E-state index in [2.05, 4.69) is 15.5 Å². The zero-order valence-corrected chi connectivity index (χ0v) is 13.3. The van der Waals surface area contributed by atoms with Gasteiger partial charge in [-0.15, -0.1) is 10.2 Å². The molecule has 8 heteroatoms. The molecule has 0 aliphatic rings. The molecule has 1 heterocycles. The van der Waals surface area contributed by atoms with Crippen molar-refractivity contribution in [1.82, 2.24) is 10.2 Å². The summed E-state index contributed by atoms with van der Waals surface area (Å²) < 4.78 is 13.3. The van der Waals surface area contributed by atoms with E-state index in [4.69, 9.17) is 5.11 Å². The minimum absolute atomic E-state index is 0.0726. The Morgan fingerprint density at radius 3 is 2.74 bits per heavy atom. The molecule has 6 nitrogen and oxygen atoms in total. The van der Waals surface area contributed by atoms with Gasteiger partial charge < -0.3 is 10.4 Å². The Kier molecular flexibility index (Phi) is 5.75. The normalized spacial score (nSPS) is 11.9. The second-order valence-corrected chi connectivity index (χ2v) is 6.02. The van der Waals surface area contributed by atoms with E-state index >= 15 is 0 Å². The third-order valence-corrected chi connectivity index (χ3v) is 4.17. The van der Waals surface area contributed by atoms with E-state index in [0.29, 0.717) is 10.7 Å². The summed E-state index contributed by atoms with van der Waals surface area (Å²) in [5.74, 6) is -2.49. The van der Waals surface area contributed by atoms with E-state index in [1.807, 2.05) is 6.92 Å². The van der Waals surface area contributed by atoms with E-state index in [9.17, 15) is 14.0 Å². The van der Waals surface area contributed by atoms with Gasteiger partial charge in [0.05, 0.1) is 6.42 Å². The van der Waals surface area contributed by atoms with Gasteiger partial charge in [0.1, 0.15) is 10.8 Å². The highest BCUT2D eigenvalue weighted by molar-refractivity contribution is 7.15. The van der Waals surface area contributed by atoms with E-state index < -0.39 is 17.7 Å². The predicted octanol–water partition coefficient (Wildman–Crippen LogP) is 2.83. The largest absolute Gasteiger partial charge is 0.481 e. The molecular formula is C15H16FN3O3S. The van der Waals surface area contributed by atoms with Crippen molar-refractivity contribution in [3.05, 3.63) is 40.7 Å². The van der Waals surface area contributed by atoms with Crippen LogP contribution in [0.15, 0.2) is 24.3 Å². The highest BCUT2D eigenvalue weighted by Crippen LogP contribution is 2.25. The van der Waals surface area contributed by atoms with Crippen LogP contribution in [0.3, 0.4) is 0 Å². The molecule has 0 spiro atoms. The van der Waals surface area contributed by atoms with Gasteiger partial charge >= 0.3 is 5.97 Å². The van der Waals surface area contributed by atoms with Gasteiger partial charge in [0.25, 0.3) is 0 Å².